The van der Waals surface area contributed by atoms with Crippen LogP contribution < -0.4 is 10.1 Å². The summed E-state index contributed by atoms with van der Waals surface area (Å²) in [5.74, 6) is -0.352. The van der Waals surface area contributed by atoms with E-state index >= 15 is 0 Å². The number of aliphatic hydroxyl groups is 1. The molecule has 8 nitrogen and oxygen atoms in total. The SMILES string of the molecule is C[C@H](CO)N1C[C@H](C)[C@H](CN(C)Cc2ccc(-c3ccccc3)cc2)Oc2c(NC(=O)c3nc4ccccc4s3)cccc2C1=O. The van der Waals surface area contributed by atoms with Crippen LogP contribution in [0.5, 0.6) is 5.75 Å². The first-order valence-electron chi connectivity index (χ1n) is 15.5. The molecule has 0 aliphatic carbocycles. The zero-order valence-electron chi connectivity index (χ0n) is 26.2. The second kappa shape index (κ2) is 13.8. The minimum absolute atomic E-state index is 0.0676. The molecule has 46 heavy (non-hydrogen) atoms. The number of aromatic nitrogens is 1. The molecule has 0 bridgehead atoms. The lowest BCUT2D eigenvalue weighted by atomic mass is 9.98. The smallest absolute Gasteiger partial charge is 0.284 e. The number of anilines is 1. The summed E-state index contributed by atoms with van der Waals surface area (Å²) in [7, 11) is 2.06. The van der Waals surface area contributed by atoms with Gasteiger partial charge in [-0.3, -0.25) is 14.5 Å². The lowest BCUT2D eigenvalue weighted by Gasteiger charge is -2.38. The summed E-state index contributed by atoms with van der Waals surface area (Å²) in [4.78, 5) is 35.7. The third-order valence-electron chi connectivity index (χ3n) is 8.43. The van der Waals surface area contributed by atoms with Crippen LogP contribution in [0, 0.1) is 5.92 Å². The molecule has 0 unspecified atom stereocenters. The predicted molar refractivity (Wildman–Crippen MR) is 183 cm³/mol. The van der Waals surface area contributed by atoms with Gasteiger partial charge in [-0.15, -0.1) is 11.3 Å². The number of nitrogens with zero attached hydrogens (tertiary/aromatic N) is 3. The van der Waals surface area contributed by atoms with E-state index in [1.165, 1.54) is 28.0 Å². The average molecular weight is 635 g/mol. The molecule has 2 amide bonds. The van der Waals surface area contributed by atoms with Crippen molar-refractivity contribution in [3.8, 4) is 16.9 Å². The molecule has 0 saturated carbocycles. The number of rotatable bonds is 9. The van der Waals surface area contributed by atoms with E-state index < -0.39 is 0 Å². The van der Waals surface area contributed by atoms with Gasteiger partial charge in [0.1, 0.15) is 6.10 Å². The van der Waals surface area contributed by atoms with E-state index in [9.17, 15) is 14.7 Å². The van der Waals surface area contributed by atoms with Gasteiger partial charge in [0.2, 0.25) is 0 Å². The van der Waals surface area contributed by atoms with Crippen molar-refractivity contribution >= 4 is 39.1 Å². The molecule has 1 aliphatic rings. The normalized spacial score (nSPS) is 17.2. The topological polar surface area (TPSA) is 95.0 Å². The number of thiazole rings is 1. The number of carbonyl (C=O) groups is 2. The maximum absolute atomic E-state index is 13.9. The van der Waals surface area contributed by atoms with Crippen LogP contribution >= 0.6 is 11.3 Å². The lowest BCUT2D eigenvalue weighted by molar-refractivity contribution is 0.0343. The van der Waals surface area contributed by atoms with Crippen LogP contribution in [0.2, 0.25) is 0 Å². The lowest BCUT2D eigenvalue weighted by Crippen LogP contribution is -2.49. The number of nitrogens with one attached hydrogen (secondary N) is 1. The van der Waals surface area contributed by atoms with Crippen molar-refractivity contribution in [2.75, 3.05) is 32.1 Å². The van der Waals surface area contributed by atoms with Crippen molar-refractivity contribution in [1.29, 1.82) is 0 Å². The number of amides is 2. The van der Waals surface area contributed by atoms with E-state index in [0.717, 1.165) is 10.2 Å². The Bertz CT molecular complexity index is 1790. The van der Waals surface area contributed by atoms with Gasteiger partial charge in [0.25, 0.3) is 11.8 Å². The molecule has 2 N–H and O–H groups in total. The van der Waals surface area contributed by atoms with Crippen molar-refractivity contribution < 1.29 is 19.4 Å². The highest BCUT2D eigenvalue weighted by Crippen LogP contribution is 2.36. The summed E-state index contributed by atoms with van der Waals surface area (Å²) in [6.45, 7) is 5.45. The van der Waals surface area contributed by atoms with Crippen LogP contribution in [0.4, 0.5) is 5.69 Å². The number of carbonyl (C=O) groups excluding carboxylic acids is 2. The number of ether oxygens (including phenoxy) is 1. The van der Waals surface area contributed by atoms with Crippen molar-refractivity contribution in [2.24, 2.45) is 5.92 Å². The standard InChI is InChI=1S/C37H38N4O4S/c1-24-20-41(25(2)23-42)37(44)29-12-9-14-31(38-35(43)36-39-30-13-7-8-15-33(30)46-36)34(29)45-32(24)22-40(3)21-26-16-18-28(19-17-26)27-10-5-4-6-11-27/h4-19,24-25,32,42H,20-23H2,1-3H3,(H,38,43)/t24-,25+,32-/m0/s1. The number of likely N-dealkylation sites (N-methyl/N-ethyl adjacent to an activating group) is 1. The minimum atomic E-state index is -0.386. The highest BCUT2D eigenvalue weighted by molar-refractivity contribution is 7.20. The zero-order chi connectivity index (χ0) is 32.2. The van der Waals surface area contributed by atoms with Gasteiger partial charge in [-0.2, -0.15) is 0 Å². The molecule has 5 aromatic rings. The van der Waals surface area contributed by atoms with Crippen molar-refractivity contribution in [1.82, 2.24) is 14.8 Å². The summed E-state index contributed by atoms with van der Waals surface area (Å²) in [6.07, 6.45) is -0.311. The molecule has 1 aliphatic heterocycles. The monoisotopic (exact) mass is 634 g/mol. The maximum Gasteiger partial charge on any atom is 0.284 e. The van der Waals surface area contributed by atoms with Gasteiger partial charge in [-0.05, 0) is 54.9 Å². The Balaban J connectivity index is 1.26. The first kappa shape index (κ1) is 31.4. The fourth-order valence-electron chi connectivity index (χ4n) is 5.82. The predicted octanol–water partition coefficient (Wildman–Crippen LogP) is 6.57. The molecule has 3 atom stereocenters. The molecule has 9 heteroatoms. The average Bonchev–Trinajstić information content (AvgIpc) is 3.52. The third-order valence-corrected chi connectivity index (χ3v) is 9.47. The van der Waals surface area contributed by atoms with Gasteiger partial charge in [0.15, 0.2) is 10.8 Å². The van der Waals surface area contributed by atoms with Gasteiger partial charge in [-0.25, -0.2) is 4.98 Å². The van der Waals surface area contributed by atoms with E-state index in [4.69, 9.17) is 4.74 Å². The fourth-order valence-corrected chi connectivity index (χ4v) is 6.68. The van der Waals surface area contributed by atoms with Gasteiger partial charge < -0.3 is 20.1 Å². The number of hydrogen-bond acceptors (Lipinski definition) is 7. The molecule has 6 rings (SSSR count). The van der Waals surface area contributed by atoms with E-state index in [1.807, 2.05) is 49.4 Å². The molecule has 2 heterocycles. The Hall–Kier alpha value is -4.57. The molecule has 1 aromatic heterocycles. The Labute approximate surface area is 273 Å². The zero-order valence-corrected chi connectivity index (χ0v) is 27.0. The number of aliphatic hydroxyl groups excluding tert-OH is 1. The van der Waals surface area contributed by atoms with Crippen LogP contribution in [0.15, 0.2) is 97.1 Å². The quantitative estimate of drug-likeness (QED) is 0.191. The van der Waals surface area contributed by atoms with Crippen LogP contribution in [0.1, 0.15) is 39.6 Å². The van der Waals surface area contributed by atoms with Crippen molar-refractivity contribution in [2.45, 2.75) is 32.5 Å². The van der Waals surface area contributed by atoms with Crippen LogP contribution in [0.25, 0.3) is 21.3 Å². The van der Waals surface area contributed by atoms with Gasteiger partial charge in [-0.1, -0.05) is 79.7 Å². The van der Waals surface area contributed by atoms with Crippen LogP contribution in [-0.2, 0) is 6.54 Å². The summed E-state index contributed by atoms with van der Waals surface area (Å²) >= 11 is 1.31. The highest BCUT2D eigenvalue weighted by Gasteiger charge is 2.34. The number of hydrogen-bond donors (Lipinski definition) is 2. The summed E-state index contributed by atoms with van der Waals surface area (Å²) < 4.78 is 7.63. The first-order valence-corrected chi connectivity index (χ1v) is 16.3. The molecule has 0 radical (unpaired) electrons. The first-order chi connectivity index (χ1) is 22.3. The Morgan fingerprint density at radius 2 is 1.74 bits per heavy atom. The van der Waals surface area contributed by atoms with Gasteiger partial charge in [0.05, 0.1) is 34.1 Å². The van der Waals surface area contributed by atoms with Crippen LogP contribution in [-0.4, -0.2) is 70.6 Å². The highest BCUT2D eigenvalue weighted by atomic mass is 32.1. The summed E-state index contributed by atoms with van der Waals surface area (Å²) in [5, 5.41) is 13.3. The molecule has 236 valence electrons. The van der Waals surface area contributed by atoms with Crippen molar-refractivity contribution in [3.63, 3.8) is 0 Å². The Kier molecular flexibility index (Phi) is 9.44. The van der Waals surface area contributed by atoms with Gasteiger partial charge >= 0.3 is 0 Å². The minimum Gasteiger partial charge on any atom is -0.486 e. The second-order valence-electron chi connectivity index (χ2n) is 12.0. The van der Waals surface area contributed by atoms with Crippen molar-refractivity contribution in [3.05, 3.63) is 113 Å². The summed E-state index contributed by atoms with van der Waals surface area (Å²) in [5.41, 5.74) is 5.04. The number of fused-ring (bicyclic) bond motifs is 2. The summed E-state index contributed by atoms with van der Waals surface area (Å²) in [6, 6.07) is 31.3. The molecule has 0 fully saturated rings. The molecular formula is C37H38N4O4S. The largest absolute Gasteiger partial charge is 0.486 e. The second-order valence-corrected chi connectivity index (χ2v) is 13.0. The third kappa shape index (κ3) is 6.82. The number of para-hydroxylation sites is 2. The maximum atomic E-state index is 13.9. The molecule has 0 spiro atoms. The van der Waals surface area contributed by atoms with Crippen LogP contribution in [0.3, 0.4) is 0 Å². The van der Waals surface area contributed by atoms with E-state index in [1.54, 1.807) is 23.1 Å². The van der Waals surface area contributed by atoms with E-state index in [2.05, 4.69) is 65.6 Å². The molecular weight excluding hydrogens is 596 g/mol. The van der Waals surface area contributed by atoms with E-state index in [0.29, 0.717) is 41.6 Å². The van der Waals surface area contributed by atoms with Gasteiger partial charge in [0, 0.05) is 25.6 Å². The Morgan fingerprint density at radius 3 is 2.48 bits per heavy atom. The Morgan fingerprint density at radius 1 is 1.02 bits per heavy atom. The fraction of sp³-hybridized carbons (Fsp3) is 0.270. The molecule has 4 aromatic carbocycles. The number of benzene rings is 4. The van der Waals surface area contributed by atoms with E-state index in [-0.39, 0.29) is 36.5 Å². The molecule has 0 saturated heterocycles.